The number of aromatic amines is 1. The predicted molar refractivity (Wildman–Crippen MR) is 104 cm³/mol. The highest BCUT2D eigenvalue weighted by atomic mass is 35.5. The fourth-order valence-corrected chi connectivity index (χ4v) is 3.67. The Kier molecular flexibility index (Phi) is 4.49. The Morgan fingerprint density at radius 3 is 2.59 bits per heavy atom. The van der Waals surface area contributed by atoms with Gasteiger partial charge in [0.1, 0.15) is 0 Å². The summed E-state index contributed by atoms with van der Waals surface area (Å²) in [6.07, 6.45) is 0.288. The second kappa shape index (κ2) is 6.96. The number of methoxy groups -OCH3 is 2. The number of halogens is 1. The van der Waals surface area contributed by atoms with Crippen molar-refractivity contribution in [2.24, 2.45) is 0 Å². The van der Waals surface area contributed by atoms with E-state index in [2.05, 4.69) is 15.5 Å². The van der Waals surface area contributed by atoms with Crippen molar-refractivity contribution < 1.29 is 14.3 Å². The zero-order chi connectivity index (χ0) is 19.0. The molecule has 0 radical (unpaired) electrons. The van der Waals surface area contributed by atoms with E-state index in [1.807, 2.05) is 42.5 Å². The summed E-state index contributed by atoms with van der Waals surface area (Å²) >= 11 is 6.02. The summed E-state index contributed by atoms with van der Waals surface area (Å²) in [5.41, 5.74) is 3.58. The van der Waals surface area contributed by atoms with Crippen molar-refractivity contribution in [3.8, 4) is 22.8 Å². The minimum absolute atomic E-state index is 0.0912. The lowest BCUT2D eigenvalue weighted by Gasteiger charge is -2.25. The van der Waals surface area contributed by atoms with E-state index >= 15 is 0 Å². The van der Waals surface area contributed by atoms with Crippen molar-refractivity contribution in [1.82, 2.24) is 10.2 Å². The molecule has 0 spiro atoms. The molecular weight excluding hydrogens is 366 g/mol. The van der Waals surface area contributed by atoms with Gasteiger partial charge in [0, 0.05) is 34.1 Å². The Morgan fingerprint density at radius 2 is 1.89 bits per heavy atom. The van der Waals surface area contributed by atoms with Gasteiger partial charge in [0.15, 0.2) is 17.3 Å². The molecule has 0 aliphatic carbocycles. The third-order valence-electron chi connectivity index (χ3n) is 4.74. The maximum atomic E-state index is 12.3. The van der Waals surface area contributed by atoms with Gasteiger partial charge in [-0.2, -0.15) is 5.10 Å². The van der Waals surface area contributed by atoms with Crippen LogP contribution in [0, 0.1) is 0 Å². The zero-order valence-electron chi connectivity index (χ0n) is 14.9. The normalized spacial score (nSPS) is 15.8. The van der Waals surface area contributed by atoms with Crippen LogP contribution in [-0.4, -0.2) is 30.3 Å². The van der Waals surface area contributed by atoms with Crippen LogP contribution in [0.3, 0.4) is 0 Å². The van der Waals surface area contributed by atoms with E-state index in [1.165, 1.54) is 0 Å². The van der Waals surface area contributed by atoms with Crippen LogP contribution >= 0.6 is 11.6 Å². The molecule has 27 heavy (non-hydrogen) atoms. The Morgan fingerprint density at radius 1 is 1.11 bits per heavy atom. The molecule has 0 unspecified atom stereocenters. The number of hydrogen-bond acceptors (Lipinski definition) is 4. The Hall–Kier alpha value is -2.99. The zero-order valence-corrected chi connectivity index (χ0v) is 15.6. The molecule has 1 atom stereocenters. The lowest BCUT2D eigenvalue weighted by atomic mass is 9.84. The lowest BCUT2D eigenvalue weighted by Crippen LogP contribution is -2.23. The molecule has 1 aliphatic rings. The van der Waals surface area contributed by atoms with Gasteiger partial charge in [0.25, 0.3) is 0 Å². The minimum Gasteiger partial charge on any atom is -0.493 e. The monoisotopic (exact) mass is 383 g/mol. The first-order valence-corrected chi connectivity index (χ1v) is 8.85. The minimum atomic E-state index is -0.219. The molecule has 0 fully saturated rings. The number of hydrogen-bond donors (Lipinski definition) is 2. The molecule has 3 aromatic rings. The topological polar surface area (TPSA) is 76.2 Å². The molecule has 6 nitrogen and oxygen atoms in total. The highest BCUT2D eigenvalue weighted by Crippen LogP contribution is 2.46. The van der Waals surface area contributed by atoms with Gasteiger partial charge < -0.3 is 14.8 Å². The largest absolute Gasteiger partial charge is 0.493 e. The highest BCUT2D eigenvalue weighted by molar-refractivity contribution is 6.30. The van der Waals surface area contributed by atoms with Crippen LogP contribution in [0.4, 0.5) is 5.82 Å². The Labute approximate surface area is 161 Å². The molecule has 1 aromatic heterocycles. The van der Waals surface area contributed by atoms with Crippen molar-refractivity contribution >= 4 is 23.3 Å². The van der Waals surface area contributed by atoms with Crippen molar-refractivity contribution in [1.29, 1.82) is 0 Å². The third kappa shape index (κ3) is 3.02. The summed E-state index contributed by atoms with van der Waals surface area (Å²) in [5.74, 6) is 1.47. The van der Waals surface area contributed by atoms with Crippen LogP contribution in [0.15, 0.2) is 42.5 Å². The quantitative estimate of drug-likeness (QED) is 0.707. The third-order valence-corrected chi connectivity index (χ3v) is 4.99. The number of ether oxygens (including phenoxy) is 2. The van der Waals surface area contributed by atoms with E-state index < -0.39 is 0 Å². The van der Waals surface area contributed by atoms with Crippen LogP contribution in [0.1, 0.15) is 23.5 Å². The number of amides is 1. The predicted octanol–water partition coefficient (Wildman–Crippen LogP) is 4.22. The van der Waals surface area contributed by atoms with Crippen LogP contribution in [0.2, 0.25) is 5.02 Å². The molecule has 7 heteroatoms. The number of fused-ring (bicyclic) bond motifs is 1. The fourth-order valence-electron chi connectivity index (χ4n) is 3.54. The molecule has 1 aliphatic heterocycles. The van der Waals surface area contributed by atoms with Crippen LogP contribution in [0.5, 0.6) is 11.5 Å². The number of benzene rings is 2. The second-order valence-corrected chi connectivity index (χ2v) is 6.69. The number of carbonyl (C=O) groups is 1. The van der Waals surface area contributed by atoms with E-state index in [9.17, 15) is 4.79 Å². The van der Waals surface area contributed by atoms with Gasteiger partial charge >= 0.3 is 0 Å². The number of para-hydroxylation sites is 1. The first-order chi connectivity index (χ1) is 13.1. The van der Waals surface area contributed by atoms with Gasteiger partial charge in [0.2, 0.25) is 5.91 Å². The molecule has 0 saturated carbocycles. The number of carbonyl (C=O) groups excluding carboxylic acids is 1. The number of aromatic nitrogens is 2. The fraction of sp³-hybridized carbons (Fsp3) is 0.200. The highest BCUT2D eigenvalue weighted by Gasteiger charge is 2.34. The first-order valence-electron chi connectivity index (χ1n) is 8.47. The SMILES string of the molecule is COc1cccc([C@@H]2CC(=O)Nc3n[nH]c(-c4ccc(Cl)cc4)c32)c1OC. The molecular formula is C20H18ClN3O3. The van der Waals surface area contributed by atoms with Crippen molar-refractivity contribution in [3.05, 3.63) is 58.6 Å². The van der Waals surface area contributed by atoms with Crippen LogP contribution < -0.4 is 14.8 Å². The summed E-state index contributed by atoms with van der Waals surface area (Å²) in [5, 5.41) is 10.9. The van der Waals surface area contributed by atoms with Gasteiger partial charge in [-0.15, -0.1) is 0 Å². The van der Waals surface area contributed by atoms with E-state index in [1.54, 1.807) is 14.2 Å². The number of H-pyrrole nitrogens is 1. The summed E-state index contributed by atoms with van der Waals surface area (Å²) in [7, 11) is 3.19. The van der Waals surface area contributed by atoms with Gasteiger partial charge in [-0.25, -0.2) is 0 Å². The number of anilines is 1. The Bertz CT molecular complexity index is 998. The molecule has 2 aromatic carbocycles. The molecule has 4 rings (SSSR count). The molecule has 0 saturated heterocycles. The smallest absolute Gasteiger partial charge is 0.226 e. The molecule has 1 amide bonds. The summed E-state index contributed by atoms with van der Waals surface area (Å²) in [6.45, 7) is 0. The molecule has 0 bridgehead atoms. The van der Waals surface area contributed by atoms with Gasteiger partial charge in [-0.05, 0) is 18.2 Å². The average Bonchev–Trinajstić information content (AvgIpc) is 3.10. The van der Waals surface area contributed by atoms with E-state index in [0.717, 1.165) is 22.4 Å². The summed E-state index contributed by atoms with van der Waals surface area (Å²) in [6, 6.07) is 13.2. The van der Waals surface area contributed by atoms with Gasteiger partial charge in [-0.1, -0.05) is 35.9 Å². The van der Waals surface area contributed by atoms with Crippen molar-refractivity contribution in [3.63, 3.8) is 0 Å². The van der Waals surface area contributed by atoms with Gasteiger partial charge in [0.05, 0.1) is 19.9 Å². The van der Waals surface area contributed by atoms with Gasteiger partial charge in [-0.3, -0.25) is 9.89 Å². The number of nitrogens with zero attached hydrogens (tertiary/aromatic N) is 1. The molecule has 2 N–H and O–H groups in total. The van der Waals surface area contributed by atoms with E-state index in [-0.39, 0.29) is 18.2 Å². The van der Waals surface area contributed by atoms with E-state index in [4.69, 9.17) is 21.1 Å². The second-order valence-electron chi connectivity index (χ2n) is 6.26. The standard InChI is InChI=1S/C20H18ClN3O3/c1-26-15-5-3-4-13(19(15)27-2)14-10-16(25)22-20-17(14)18(23-24-20)11-6-8-12(21)9-7-11/h3-9,14H,10H2,1-2H3,(H2,22,23,24,25)/t14-/m0/s1. The average molecular weight is 384 g/mol. The van der Waals surface area contributed by atoms with Crippen molar-refractivity contribution in [2.75, 3.05) is 19.5 Å². The summed E-state index contributed by atoms with van der Waals surface area (Å²) < 4.78 is 11.0. The summed E-state index contributed by atoms with van der Waals surface area (Å²) in [4.78, 5) is 12.3. The number of nitrogens with one attached hydrogen (secondary N) is 2. The van der Waals surface area contributed by atoms with Crippen LogP contribution in [0.25, 0.3) is 11.3 Å². The van der Waals surface area contributed by atoms with E-state index in [0.29, 0.717) is 22.3 Å². The number of rotatable bonds is 4. The molecule has 2 heterocycles. The maximum Gasteiger partial charge on any atom is 0.226 e. The maximum absolute atomic E-state index is 12.3. The first kappa shape index (κ1) is 17.4. The lowest BCUT2D eigenvalue weighted by molar-refractivity contribution is -0.116. The van der Waals surface area contributed by atoms with Crippen LogP contribution in [-0.2, 0) is 4.79 Å². The van der Waals surface area contributed by atoms with Crippen molar-refractivity contribution in [2.45, 2.75) is 12.3 Å². The Balaban J connectivity index is 1.90. The molecule has 138 valence electrons.